The Balaban J connectivity index is 2.36. The van der Waals surface area contributed by atoms with Crippen LogP contribution >= 0.6 is 15.9 Å². The highest BCUT2D eigenvalue weighted by molar-refractivity contribution is 9.10. The van der Waals surface area contributed by atoms with Crippen molar-refractivity contribution in [3.63, 3.8) is 0 Å². The van der Waals surface area contributed by atoms with Gasteiger partial charge in [0.1, 0.15) is 0 Å². The molecule has 2 N–H and O–H groups in total. The van der Waals surface area contributed by atoms with Crippen LogP contribution in [0.5, 0.6) is 0 Å². The van der Waals surface area contributed by atoms with Crippen LogP contribution in [0.25, 0.3) is 0 Å². The fourth-order valence-electron chi connectivity index (χ4n) is 1.67. The second-order valence-electron chi connectivity index (χ2n) is 4.05. The Morgan fingerprint density at radius 1 is 1.10 bits per heavy atom. The highest BCUT2D eigenvalue weighted by atomic mass is 79.9. The summed E-state index contributed by atoms with van der Waals surface area (Å²) in [6.07, 6.45) is 0. The molecule has 0 saturated heterocycles. The van der Waals surface area contributed by atoms with Crippen molar-refractivity contribution in [2.75, 3.05) is 5.32 Å². The molecule has 0 bridgehead atoms. The van der Waals surface area contributed by atoms with Crippen LogP contribution in [0.1, 0.15) is 20.7 Å². The Hall–Kier alpha value is -2.28. The standard InChI is InChI=1S/C14H8BrF2NO3/c15-7-4-5-11(9(6-7)14(20)21)18-13(19)8-2-1-3-10(16)12(8)17/h1-6H,(H,18,19)(H,20,21). The van der Waals surface area contributed by atoms with Gasteiger partial charge in [0, 0.05) is 4.47 Å². The largest absolute Gasteiger partial charge is 0.478 e. The zero-order valence-electron chi connectivity index (χ0n) is 10.4. The van der Waals surface area contributed by atoms with Crippen molar-refractivity contribution in [3.05, 3.63) is 63.6 Å². The summed E-state index contributed by atoms with van der Waals surface area (Å²) < 4.78 is 27.1. The van der Waals surface area contributed by atoms with Crippen molar-refractivity contribution >= 4 is 33.5 Å². The third kappa shape index (κ3) is 3.25. The van der Waals surface area contributed by atoms with Crippen LogP contribution in [0.15, 0.2) is 40.9 Å². The van der Waals surface area contributed by atoms with Crippen molar-refractivity contribution in [1.82, 2.24) is 0 Å². The Kier molecular flexibility index (Phi) is 4.32. The Morgan fingerprint density at radius 2 is 1.81 bits per heavy atom. The van der Waals surface area contributed by atoms with E-state index in [9.17, 15) is 18.4 Å². The maximum atomic E-state index is 13.5. The number of anilines is 1. The third-order valence-electron chi connectivity index (χ3n) is 2.66. The van der Waals surface area contributed by atoms with Crippen molar-refractivity contribution in [2.45, 2.75) is 0 Å². The van der Waals surface area contributed by atoms with Gasteiger partial charge in [-0.25, -0.2) is 13.6 Å². The van der Waals surface area contributed by atoms with E-state index in [0.717, 1.165) is 12.1 Å². The first-order chi connectivity index (χ1) is 9.90. The van der Waals surface area contributed by atoms with Gasteiger partial charge in [-0.1, -0.05) is 22.0 Å². The first kappa shape index (κ1) is 15.1. The summed E-state index contributed by atoms with van der Waals surface area (Å²) in [6.45, 7) is 0. The number of nitrogens with one attached hydrogen (secondary N) is 1. The van der Waals surface area contributed by atoms with Crippen LogP contribution in [0.2, 0.25) is 0 Å². The van der Waals surface area contributed by atoms with Crippen LogP contribution in [0.3, 0.4) is 0 Å². The Labute approximate surface area is 126 Å². The van der Waals surface area contributed by atoms with Crippen LogP contribution in [0.4, 0.5) is 14.5 Å². The van der Waals surface area contributed by atoms with E-state index >= 15 is 0 Å². The molecule has 0 aliphatic rings. The van der Waals surface area contributed by atoms with Gasteiger partial charge in [-0.3, -0.25) is 4.79 Å². The minimum absolute atomic E-state index is 0.0145. The van der Waals surface area contributed by atoms with E-state index < -0.39 is 29.1 Å². The van der Waals surface area contributed by atoms with Gasteiger partial charge in [-0.2, -0.15) is 0 Å². The lowest BCUT2D eigenvalue weighted by molar-refractivity contribution is 0.0698. The molecule has 0 fully saturated rings. The molecule has 7 heteroatoms. The molecule has 0 spiro atoms. The van der Waals surface area contributed by atoms with E-state index in [0.29, 0.717) is 4.47 Å². The van der Waals surface area contributed by atoms with E-state index in [1.165, 1.54) is 24.3 Å². The smallest absolute Gasteiger partial charge is 0.337 e. The van der Waals surface area contributed by atoms with E-state index in [1.807, 2.05) is 0 Å². The molecule has 0 aliphatic carbocycles. The second kappa shape index (κ2) is 6.01. The topological polar surface area (TPSA) is 66.4 Å². The molecule has 2 aromatic rings. The van der Waals surface area contributed by atoms with Crippen molar-refractivity contribution < 1.29 is 23.5 Å². The summed E-state index contributed by atoms with van der Waals surface area (Å²) in [7, 11) is 0. The zero-order valence-corrected chi connectivity index (χ0v) is 11.9. The fraction of sp³-hybridized carbons (Fsp3) is 0. The lowest BCUT2D eigenvalue weighted by Gasteiger charge is -2.09. The number of rotatable bonds is 3. The Morgan fingerprint density at radius 3 is 2.48 bits per heavy atom. The first-order valence-corrected chi connectivity index (χ1v) is 6.47. The number of hydrogen-bond acceptors (Lipinski definition) is 2. The van der Waals surface area contributed by atoms with Crippen LogP contribution < -0.4 is 5.32 Å². The molecule has 4 nitrogen and oxygen atoms in total. The first-order valence-electron chi connectivity index (χ1n) is 5.68. The van der Waals surface area contributed by atoms with E-state index in [2.05, 4.69) is 21.2 Å². The highest BCUT2D eigenvalue weighted by Crippen LogP contribution is 2.22. The molecule has 0 aliphatic heterocycles. The molecule has 0 atom stereocenters. The van der Waals surface area contributed by atoms with Crippen molar-refractivity contribution in [1.29, 1.82) is 0 Å². The average Bonchev–Trinajstić information content (AvgIpc) is 2.43. The van der Waals surface area contributed by atoms with Gasteiger partial charge in [0.05, 0.1) is 16.8 Å². The molecule has 2 aromatic carbocycles. The lowest BCUT2D eigenvalue weighted by atomic mass is 10.1. The zero-order chi connectivity index (χ0) is 15.6. The highest BCUT2D eigenvalue weighted by Gasteiger charge is 2.18. The maximum absolute atomic E-state index is 13.5. The third-order valence-corrected chi connectivity index (χ3v) is 3.15. The molecule has 2 rings (SSSR count). The molecule has 0 heterocycles. The van der Waals surface area contributed by atoms with E-state index in [1.54, 1.807) is 0 Å². The minimum atomic E-state index is -1.29. The molecular weight excluding hydrogens is 348 g/mol. The molecule has 0 saturated carbocycles. The van der Waals surface area contributed by atoms with Gasteiger partial charge < -0.3 is 10.4 Å². The van der Waals surface area contributed by atoms with Crippen molar-refractivity contribution in [3.8, 4) is 0 Å². The fourth-order valence-corrected chi connectivity index (χ4v) is 2.03. The van der Waals surface area contributed by atoms with Gasteiger partial charge in [0.15, 0.2) is 11.6 Å². The van der Waals surface area contributed by atoms with Gasteiger partial charge in [0.2, 0.25) is 0 Å². The summed E-state index contributed by atoms with van der Waals surface area (Å²) in [6, 6.07) is 7.33. The minimum Gasteiger partial charge on any atom is -0.478 e. The van der Waals surface area contributed by atoms with E-state index in [4.69, 9.17) is 5.11 Å². The molecule has 108 valence electrons. The monoisotopic (exact) mass is 355 g/mol. The summed E-state index contributed by atoms with van der Waals surface area (Å²) in [4.78, 5) is 23.0. The molecular formula is C14H8BrF2NO3. The van der Waals surface area contributed by atoms with Gasteiger partial charge in [-0.05, 0) is 30.3 Å². The number of aromatic carboxylic acids is 1. The molecule has 0 radical (unpaired) electrons. The SMILES string of the molecule is O=C(O)c1cc(Br)ccc1NC(=O)c1cccc(F)c1F. The molecule has 0 unspecified atom stereocenters. The normalized spacial score (nSPS) is 10.2. The number of carbonyl (C=O) groups excluding carboxylic acids is 1. The number of carbonyl (C=O) groups is 2. The van der Waals surface area contributed by atoms with Crippen LogP contribution in [-0.4, -0.2) is 17.0 Å². The number of carboxylic acid groups (broad SMARTS) is 1. The number of carboxylic acids is 1. The lowest BCUT2D eigenvalue weighted by Crippen LogP contribution is -2.16. The second-order valence-corrected chi connectivity index (χ2v) is 4.97. The van der Waals surface area contributed by atoms with Gasteiger partial charge in [0.25, 0.3) is 5.91 Å². The quantitative estimate of drug-likeness (QED) is 0.882. The van der Waals surface area contributed by atoms with E-state index in [-0.39, 0.29) is 11.3 Å². The maximum Gasteiger partial charge on any atom is 0.337 e. The number of halogens is 3. The predicted molar refractivity (Wildman–Crippen MR) is 75.4 cm³/mol. The number of benzene rings is 2. The molecule has 1 amide bonds. The predicted octanol–water partition coefficient (Wildman–Crippen LogP) is 3.68. The van der Waals surface area contributed by atoms with Crippen LogP contribution in [-0.2, 0) is 0 Å². The number of hydrogen-bond donors (Lipinski definition) is 2. The molecule has 0 aromatic heterocycles. The summed E-state index contributed by atoms with van der Waals surface area (Å²) >= 11 is 3.11. The molecule has 21 heavy (non-hydrogen) atoms. The number of amides is 1. The summed E-state index contributed by atoms with van der Waals surface area (Å²) in [5.41, 5.74) is -0.692. The van der Waals surface area contributed by atoms with Crippen LogP contribution in [0, 0.1) is 11.6 Å². The summed E-state index contributed by atoms with van der Waals surface area (Å²) in [5.74, 6) is -4.64. The average molecular weight is 356 g/mol. The van der Waals surface area contributed by atoms with Crippen molar-refractivity contribution in [2.24, 2.45) is 0 Å². The summed E-state index contributed by atoms with van der Waals surface area (Å²) in [5, 5.41) is 11.3. The van der Waals surface area contributed by atoms with Gasteiger partial charge >= 0.3 is 5.97 Å². The Bertz CT molecular complexity index is 734. The van der Waals surface area contributed by atoms with Gasteiger partial charge in [-0.15, -0.1) is 0 Å².